The number of anilines is 1. The average molecular weight is 380 g/mol. The molecule has 0 bridgehead atoms. The summed E-state index contributed by atoms with van der Waals surface area (Å²) in [5.74, 6) is -3.92. The smallest absolute Gasteiger partial charge is 0.340 e. The van der Waals surface area contributed by atoms with E-state index in [1.807, 2.05) is 0 Å². The number of thiophene rings is 1. The summed E-state index contributed by atoms with van der Waals surface area (Å²) in [5, 5.41) is 4.69. The predicted octanol–water partition coefficient (Wildman–Crippen LogP) is 2.52. The molecule has 0 spiro atoms. The van der Waals surface area contributed by atoms with E-state index in [-0.39, 0.29) is 30.1 Å². The summed E-state index contributed by atoms with van der Waals surface area (Å²) in [6.07, 6.45) is 0. The number of carbonyl (C=O) groups is 3. The topological polar surface area (TPSA) is 75.7 Å². The fraction of sp³-hybridized carbons (Fsp3) is 0.235. The molecule has 6 nitrogen and oxygen atoms in total. The van der Waals surface area contributed by atoms with Crippen molar-refractivity contribution in [3.8, 4) is 0 Å². The Kier molecular flexibility index (Phi) is 4.99. The minimum Gasteiger partial charge on any atom is -0.465 e. The molecule has 2 amide bonds. The number of esters is 1. The van der Waals surface area contributed by atoms with Crippen molar-refractivity contribution in [1.29, 1.82) is 0 Å². The van der Waals surface area contributed by atoms with Crippen molar-refractivity contribution in [2.45, 2.75) is 0 Å². The normalized spacial score (nSPS) is 13.9. The lowest BCUT2D eigenvalue weighted by Crippen LogP contribution is -2.54. The molecule has 1 N–H and O–H groups in total. The van der Waals surface area contributed by atoms with E-state index in [0.29, 0.717) is 5.00 Å². The maximum Gasteiger partial charge on any atom is 0.340 e. The second-order valence-corrected chi connectivity index (χ2v) is 6.60. The number of methoxy groups -OCH3 is 1. The minimum atomic E-state index is -1.10. The maximum absolute atomic E-state index is 13.2. The van der Waals surface area contributed by atoms with Crippen LogP contribution in [-0.4, -0.2) is 42.9 Å². The zero-order chi connectivity index (χ0) is 18.8. The van der Waals surface area contributed by atoms with Gasteiger partial charge in [0.15, 0.2) is 11.6 Å². The second kappa shape index (κ2) is 7.20. The molecule has 1 fully saturated rings. The van der Waals surface area contributed by atoms with Crippen LogP contribution in [0.5, 0.6) is 0 Å². The molecule has 0 atom stereocenters. The number of hydrogen-bond acceptors (Lipinski definition) is 5. The molecule has 1 aromatic heterocycles. The molecule has 3 rings (SSSR count). The van der Waals surface area contributed by atoms with E-state index in [1.54, 1.807) is 11.4 Å². The number of nitrogens with one attached hydrogen (secondary N) is 1. The monoisotopic (exact) mass is 380 g/mol. The van der Waals surface area contributed by atoms with Crippen LogP contribution in [0.15, 0.2) is 29.6 Å². The van der Waals surface area contributed by atoms with Crippen LogP contribution >= 0.6 is 11.3 Å². The number of rotatable bonds is 4. The van der Waals surface area contributed by atoms with E-state index in [4.69, 9.17) is 0 Å². The summed E-state index contributed by atoms with van der Waals surface area (Å²) in [6, 6.07) is 4.46. The van der Waals surface area contributed by atoms with Crippen LogP contribution in [0.25, 0.3) is 0 Å². The molecule has 0 aliphatic carbocycles. The van der Waals surface area contributed by atoms with Crippen LogP contribution < -0.4 is 5.32 Å². The number of nitrogens with zero attached hydrogens (tertiary/aromatic N) is 1. The van der Waals surface area contributed by atoms with Gasteiger partial charge in [-0.15, -0.1) is 11.3 Å². The predicted molar refractivity (Wildman–Crippen MR) is 90.0 cm³/mol. The number of ether oxygens (including phenoxy) is 1. The van der Waals surface area contributed by atoms with E-state index >= 15 is 0 Å². The molecule has 1 aliphatic heterocycles. The second-order valence-electron chi connectivity index (χ2n) is 5.68. The Morgan fingerprint density at radius 3 is 2.58 bits per heavy atom. The van der Waals surface area contributed by atoms with Gasteiger partial charge in [-0.3, -0.25) is 9.59 Å². The molecule has 1 aromatic carbocycles. The first-order valence-corrected chi connectivity index (χ1v) is 8.49. The lowest BCUT2D eigenvalue weighted by Gasteiger charge is -2.38. The molecule has 1 aliphatic rings. The van der Waals surface area contributed by atoms with Crippen molar-refractivity contribution in [2.24, 2.45) is 5.92 Å². The Morgan fingerprint density at radius 2 is 1.92 bits per heavy atom. The van der Waals surface area contributed by atoms with Crippen molar-refractivity contribution in [3.05, 3.63) is 52.4 Å². The van der Waals surface area contributed by atoms with Gasteiger partial charge in [-0.2, -0.15) is 0 Å². The van der Waals surface area contributed by atoms with Gasteiger partial charge in [0.1, 0.15) is 5.00 Å². The Balaban J connectivity index is 1.58. The Morgan fingerprint density at radius 1 is 1.19 bits per heavy atom. The van der Waals surface area contributed by atoms with E-state index in [2.05, 4.69) is 10.1 Å². The lowest BCUT2D eigenvalue weighted by atomic mass is 9.97. The summed E-state index contributed by atoms with van der Waals surface area (Å²) in [6.45, 7) is 0.311. The van der Waals surface area contributed by atoms with E-state index < -0.39 is 29.4 Å². The highest BCUT2D eigenvalue weighted by atomic mass is 32.1. The third-order valence-corrected chi connectivity index (χ3v) is 4.84. The number of amides is 2. The van der Waals surface area contributed by atoms with Crippen LogP contribution in [0, 0.1) is 17.6 Å². The van der Waals surface area contributed by atoms with Crippen LogP contribution in [0.3, 0.4) is 0 Å². The number of benzene rings is 1. The van der Waals surface area contributed by atoms with E-state index in [9.17, 15) is 23.2 Å². The zero-order valence-corrected chi connectivity index (χ0v) is 14.4. The number of hydrogen-bond donors (Lipinski definition) is 1. The highest BCUT2D eigenvalue weighted by molar-refractivity contribution is 7.14. The molecule has 2 heterocycles. The first-order valence-electron chi connectivity index (χ1n) is 7.61. The Hall–Kier alpha value is -2.81. The van der Waals surface area contributed by atoms with Gasteiger partial charge in [0, 0.05) is 18.7 Å². The van der Waals surface area contributed by atoms with Crippen LogP contribution in [-0.2, 0) is 9.53 Å². The third-order valence-electron chi connectivity index (χ3n) is 4.01. The third kappa shape index (κ3) is 3.43. The zero-order valence-electron chi connectivity index (χ0n) is 13.6. The molecule has 0 radical (unpaired) electrons. The molecule has 1 saturated heterocycles. The molecule has 2 aromatic rings. The number of carbonyl (C=O) groups excluding carboxylic acids is 3. The SMILES string of the molecule is COC(=O)c1ccsc1NC(=O)C1CN(C(=O)c2ccc(F)c(F)c2)C1. The summed E-state index contributed by atoms with van der Waals surface area (Å²) < 4.78 is 30.8. The Labute approximate surface area is 151 Å². The minimum absolute atomic E-state index is 0.0222. The highest BCUT2D eigenvalue weighted by Gasteiger charge is 2.36. The van der Waals surface area contributed by atoms with Gasteiger partial charge in [0.25, 0.3) is 5.91 Å². The summed E-state index contributed by atoms with van der Waals surface area (Å²) in [4.78, 5) is 37.4. The van der Waals surface area contributed by atoms with Crippen molar-refractivity contribution < 1.29 is 27.9 Å². The number of halogens is 2. The molecule has 26 heavy (non-hydrogen) atoms. The van der Waals surface area contributed by atoms with Gasteiger partial charge in [-0.1, -0.05) is 0 Å². The van der Waals surface area contributed by atoms with Gasteiger partial charge >= 0.3 is 5.97 Å². The van der Waals surface area contributed by atoms with Gasteiger partial charge in [-0.25, -0.2) is 13.6 Å². The lowest BCUT2D eigenvalue weighted by molar-refractivity contribution is -0.123. The quantitative estimate of drug-likeness (QED) is 0.827. The fourth-order valence-corrected chi connectivity index (χ4v) is 3.29. The molecular weight excluding hydrogens is 366 g/mol. The van der Waals surface area contributed by atoms with Crippen molar-refractivity contribution >= 4 is 34.1 Å². The van der Waals surface area contributed by atoms with Crippen molar-refractivity contribution in [1.82, 2.24) is 4.90 Å². The molecule has 0 unspecified atom stereocenters. The van der Waals surface area contributed by atoms with Gasteiger partial charge in [0.05, 0.1) is 18.6 Å². The summed E-state index contributed by atoms with van der Waals surface area (Å²) >= 11 is 1.19. The van der Waals surface area contributed by atoms with Crippen LogP contribution in [0.4, 0.5) is 13.8 Å². The highest BCUT2D eigenvalue weighted by Crippen LogP contribution is 2.27. The molecule has 136 valence electrons. The Bertz CT molecular complexity index is 877. The van der Waals surface area contributed by atoms with Crippen molar-refractivity contribution in [3.63, 3.8) is 0 Å². The van der Waals surface area contributed by atoms with Crippen LogP contribution in [0.1, 0.15) is 20.7 Å². The largest absolute Gasteiger partial charge is 0.465 e. The van der Waals surface area contributed by atoms with Gasteiger partial charge in [0.2, 0.25) is 5.91 Å². The van der Waals surface area contributed by atoms with Gasteiger partial charge < -0.3 is 15.0 Å². The van der Waals surface area contributed by atoms with Crippen molar-refractivity contribution in [2.75, 3.05) is 25.5 Å². The first-order chi connectivity index (χ1) is 12.4. The van der Waals surface area contributed by atoms with Gasteiger partial charge in [-0.05, 0) is 29.6 Å². The number of likely N-dealkylation sites (tertiary alicyclic amines) is 1. The summed E-state index contributed by atoms with van der Waals surface area (Å²) in [5.41, 5.74) is 0.286. The molecule has 9 heteroatoms. The first kappa shape index (κ1) is 18.0. The molecule has 0 saturated carbocycles. The van der Waals surface area contributed by atoms with E-state index in [0.717, 1.165) is 12.1 Å². The summed E-state index contributed by atoms with van der Waals surface area (Å²) in [7, 11) is 1.25. The van der Waals surface area contributed by atoms with E-state index in [1.165, 1.54) is 29.4 Å². The molecular formula is C17H14F2N2O4S. The van der Waals surface area contributed by atoms with Crippen LogP contribution in [0.2, 0.25) is 0 Å². The average Bonchev–Trinajstić information content (AvgIpc) is 3.03. The standard InChI is InChI=1S/C17H14F2N2O4S/c1-25-17(24)11-4-5-26-15(11)20-14(22)10-7-21(8-10)16(23)9-2-3-12(18)13(19)6-9/h2-6,10H,7-8H2,1H3,(H,20,22). The fourth-order valence-electron chi connectivity index (χ4n) is 2.51. The maximum atomic E-state index is 13.2.